The summed E-state index contributed by atoms with van der Waals surface area (Å²) in [6, 6.07) is 7.04. The number of ether oxygens (including phenoxy) is 2. The van der Waals surface area contributed by atoms with Gasteiger partial charge in [-0.1, -0.05) is 12.1 Å². The molecular formula is C15H23N3O3. The summed E-state index contributed by atoms with van der Waals surface area (Å²) < 4.78 is 10.9. The van der Waals surface area contributed by atoms with Crippen LogP contribution in [0.3, 0.4) is 0 Å². The SMILES string of the molecule is COc1ccccc1NC(=O)NCCOC1CCNCC1. The molecule has 0 aliphatic carbocycles. The normalized spacial score (nSPS) is 15.5. The van der Waals surface area contributed by atoms with E-state index < -0.39 is 0 Å². The molecule has 2 rings (SSSR count). The molecule has 0 aromatic heterocycles. The zero-order valence-electron chi connectivity index (χ0n) is 12.4. The molecule has 1 aliphatic rings. The Labute approximate surface area is 125 Å². The highest BCUT2D eigenvalue weighted by atomic mass is 16.5. The summed E-state index contributed by atoms with van der Waals surface area (Å²) in [6.45, 7) is 3.04. The van der Waals surface area contributed by atoms with Crippen molar-refractivity contribution in [1.29, 1.82) is 0 Å². The Morgan fingerprint density at radius 3 is 2.86 bits per heavy atom. The van der Waals surface area contributed by atoms with Gasteiger partial charge in [0, 0.05) is 6.54 Å². The molecule has 21 heavy (non-hydrogen) atoms. The summed E-state index contributed by atoms with van der Waals surface area (Å²) in [7, 11) is 1.57. The first-order valence-corrected chi connectivity index (χ1v) is 7.30. The van der Waals surface area contributed by atoms with Crippen molar-refractivity contribution in [2.24, 2.45) is 0 Å². The Hall–Kier alpha value is -1.79. The predicted octanol–water partition coefficient (Wildman–Crippen LogP) is 1.59. The van der Waals surface area contributed by atoms with Crippen molar-refractivity contribution in [3.63, 3.8) is 0 Å². The molecule has 116 valence electrons. The second-order valence-corrected chi connectivity index (χ2v) is 4.90. The number of piperidine rings is 1. The number of anilines is 1. The molecule has 0 radical (unpaired) electrons. The fourth-order valence-electron chi connectivity index (χ4n) is 2.27. The molecule has 6 nitrogen and oxygen atoms in total. The van der Waals surface area contributed by atoms with Gasteiger partial charge in [0.15, 0.2) is 0 Å². The Morgan fingerprint density at radius 2 is 2.10 bits per heavy atom. The first-order chi connectivity index (χ1) is 10.3. The molecule has 0 atom stereocenters. The van der Waals surface area contributed by atoms with Crippen molar-refractivity contribution < 1.29 is 14.3 Å². The lowest BCUT2D eigenvalue weighted by Crippen LogP contribution is -2.36. The Bertz CT molecular complexity index is 448. The number of nitrogens with one attached hydrogen (secondary N) is 3. The molecule has 1 aliphatic heterocycles. The molecule has 0 bridgehead atoms. The van der Waals surface area contributed by atoms with Crippen molar-refractivity contribution >= 4 is 11.7 Å². The van der Waals surface area contributed by atoms with E-state index in [4.69, 9.17) is 9.47 Å². The maximum absolute atomic E-state index is 11.8. The van der Waals surface area contributed by atoms with Crippen LogP contribution < -0.4 is 20.7 Å². The zero-order chi connectivity index (χ0) is 14.9. The molecule has 1 aromatic rings. The third kappa shape index (κ3) is 5.24. The van der Waals surface area contributed by atoms with E-state index in [0.29, 0.717) is 30.7 Å². The average Bonchev–Trinajstić information content (AvgIpc) is 2.53. The summed E-state index contributed by atoms with van der Waals surface area (Å²) in [5.41, 5.74) is 0.650. The number of methoxy groups -OCH3 is 1. The maximum Gasteiger partial charge on any atom is 0.319 e. The quantitative estimate of drug-likeness (QED) is 0.697. The van der Waals surface area contributed by atoms with Crippen molar-refractivity contribution in [3.05, 3.63) is 24.3 Å². The molecular weight excluding hydrogens is 270 g/mol. The topological polar surface area (TPSA) is 71.6 Å². The molecule has 0 unspecified atom stereocenters. The third-order valence-corrected chi connectivity index (χ3v) is 3.38. The average molecular weight is 293 g/mol. The molecule has 6 heteroatoms. The van der Waals surface area contributed by atoms with Crippen molar-refractivity contribution in [3.8, 4) is 5.75 Å². The van der Waals surface area contributed by atoms with Gasteiger partial charge in [0.05, 0.1) is 25.5 Å². The Kier molecular flexibility index (Phi) is 6.30. The molecule has 1 saturated heterocycles. The van der Waals surface area contributed by atoms with E-state index in [1.54, 1.807) is 19.2 Å². The monoisotopic (exact) mass is 293 g/mol. The highest BCUT2D eigenvalue weighted by Crippen LogP contribution is 2.22. The minimum atomic E-state index is -0.256. The Balaban J connectivity index is 1.65. The zero-order valence-corrected chi connectivity index (χ0v) is 12.4. The molecule has 2 amide bonds. The number of hydrogen-bond donors (Lipinski definition) is 3. The van der Waals surface area contributed by atoms with Gasteiger partial charge in [-0.2, -0.15) is 0 Å². The van der Waals surface area contributed by atoms with Gasteiger partial charge >= 0.3 is 6.03 Å². The van der Waals surface area contributed by atoms with Crippen LogP contribution in [-0.4, -0.2) is 45.5 Å². The molecule has 3 N–H and O–H groups in total. The summed E-state index contributed by atoms with van der Waals surface area (Å²) in [5.74, 6) is 0.638. The van der Waals surface area contributed by atoms with Crippen molar-refractivity contribution in [2.45, 2.75) is 18.9 Å². The van der Waals surface area contributed by atoms with Crippen molar-refractivity contribution in [1.82, 2.24) is 10.6 Å². The van der Waals surface area contributed by atoms with Gasteiger partial charge in [-0.3, -0.25) is 0 Å². The summed E-state index contributed by atoms with van der Waals surface area (Å²) in [4.78, 5) is 11.8. The van der Waals surface area contributed by atoms with E-state index in [9.17, 15) is 4.79 Å². The number of benzene rings is 1. The fourth-order valence-corrected chi connectivity index (χ4v) is 2.27. The largest absolute Gasteiger partial charge is 0.495 e. The van der Waals surface area contributed by atoms with Crippen LogP contribution >= 0.6 is 0 Å². The van der Waals surface area contributed by atoms with Gasteiger partial charge in [-0.15, -0.1) is 0 Å². The van der Waals surface area contributed by atoms with Crippen LogP contribution in [0.4, 0.5) is 10.5 Å². The number of hydrogen-bond acceptors (Lipinski definition) is 4. The maximum atomic E-state index is 11.8. The van der Waals surface area contributed by atoms with Gasteiger partial charge in [0.25, 0.3) is 0 Å². The minimum absolute atomic E-state index is 0.256. The summed E-state index contributed by atoms with van der Waals surface area (Å²) in [6.07, 6.45) is 2.38. The van der Waals surface area contributed by atoms with Crippen molar-refractivity contribution in [2.75, 3.05) is 38.7 Å². The highest BCUT2D eigenvalue weighted by Gasteiger charge is 2.13. The summed E-state index contributed by atoms with van der Waals surface area (Å²) in [5, 5.41) is 8.82. The summed E-state index contributed by atoms with van der Waals surface area (Å²) >= 11 is 0. The smallest absolute Gasteiger partial charge is 0.319 e. The standard InChI is InChI=1S/C15H23N3O3/c1-20-14-5-3-2-4-13(14)18-15(19)17-10-11-21-12-6-8-16-9-7-12/h2-5,12,16H,6-11H2,1H3,(H2,17,18,19). The van der Waals surface area contributed by atoms with Crippen LogP contribution in [0.1, 0.15) is 12.8 Å². The van der Waals surface area contributed by atoms with E-state index in [2.05, 4.69) is 16.0 Å². The van der Waals surface area contributed by atoms with Gasteiger partial charge in [0.2, 0.25) is 0 Å². The number of para-hydroxylation sites is 2. The van der Waals surface area contributed by atoms with E-state index in [-0.39, 0.29) is 6.03 Å². The van der Waals surface area contributed by atoms with Crippen LogP contribution in [-0.2, 0) is 4.74 Å². The first-order valence-electron chi connectivity index (χ1n) is 7.30. The predicted molar refractivity (Wildman–Crippen MR) is 81.9 cm³/mol. The number of carbonyl (C=O) groups excluding carboxylic acids is 1. The van der Waals surface area contributed by atoms with Crippen LogP contribution in [0.15, 0.2) is 24.3 Å². The van der Waals surface area contributed by atoms with Crippen LogP contribution in [0.5, 0.6) is 5.75 Å². The second kappa shape index (κ2) is 8.49. The van der Waals surface area contributed by atoms with E-state index in [0.717, 1.165) is 25.9 Å². The molecule has 1 fully saturated rings. The van der Waals surface area contributed by atoms with Gasteiger partial charge in [-0.05, 0) is 38.1 Å². The Morgan fingerprint density at radius 1 is 1.33 bits per heavy atom. The van der Waals surface area contributed by atoms with Crippen LogP contribution in [0.25, 0.3) is 0 Å². The lowest BCUT2D eigenvalue weighted by Gasteiger charge is -2.23. The van der Waals surface area contributed by atoms with E-state index >= 15 is 0 Å². The fraction of sp³-hybridized carbons (Fsp3) is 0.533. The number of carbonyl (C=O) groups is 1. The van der Waals surface area contributed by atoms with E-state index in [1.807, 2.05) is 12.1 Å². The number of rotatable bonds is 6. The lowest BCUT2D eigenvalue weighted by atomic mass is 10.1. The second-order valence-electron chi connectivity index (χ2n) is 4.90. The van der Waals surface area contributed by atoms with Gasteiger partial charge in [-0.25, -0.2) is 4.79 Å². The lowest BCUT2D eigenvalue weighted by molar-refractivity contribution is 0.0358. The van der Waals surface area contributed by atoms with Gasteiger partial charge in [0.1, 0.15) is 5.75 Å². The third-order valence-electron chi connectivity index (χ3n) is 3.38. The molecule has 1 aromatic carbocycles. The van der Waals surface area contributed by atoms with Crippen LogP contribution in [0, 0.1) is 0 Å². The number of urea groups is 1. The minimum Gasteiger partial charge on any atom is -0.495 e. The van der Waals surface area contributed by atoms with E-state index in [1.165, 1.54) is 0 Å². The first kappa shape index (κ1) is 15.6. The molecule has 1 heterocycles. The highest BCUT2D eigenvalue weighted by molar-refractivity contribution is 5.90. The van der Waals surface area contributed by atoms with Crippen LogP contribution in [0.2, 0.25) is 0 Å². The van der Waals surface area contributed by atoms with Gasteiger partial charge < -0.3 is 25.4 Å². The molecule has 0 saturated carbocycles. The number of amides is 2. The molecule has 0 spiro atoms.